The van der Waals surface area contributed by atoms with Gasteiger partial charge in [-0.05, 0) is 69.2 Å². The van der Waals surface area contributed by atoms with E-state index in [1.165, 1.54) is 58.0 Å². The summed E-state index contributed by atoms with van der Waals surface area (Å²) in [7, 11) is 0. The van der Waals surface area contributed by atoms with Gasteiger partial charge in [0, 0.05) is 6.04 Å². The molecule has 1 unspecified atom stereocenters. The minimum Gasteiger partial charge on any atom is -0.300 e. The Morgan fingerprint density at radius 2 is 1.71 bits per heavy atom. The van der Waals surface area contributed by atoms with Gasteiger partial charge in [0.1, 0.15) is 0 Å². The lowest BCUT2D eigenvalue weighted by Gasteiger charge is -2.37. The molecule has 0 amide bonds. The van der Waals surface area contributed by atoms with Crippen molar-refractivity contribution in [2.75, 3.05) is 13.1 Å². The first-order valence-electron chi connectivity index (χ1n) is 7.47. The van der Waals surface area contributed by atoms with Gasteiger partial charge < -0.3 is 4.90 Å². The van der Waals surface area contributed by atoms with Gasteiger partial charge >= 0.3 is 0 Å². The van der Waals surface area contributed by atoms with Crippen molar-refractivity contribution in [2.45, 2.75) is 64.8 Å². The summed E-state index contributed by atoms with van der Waals surface area (Å²) < 4.78 is 0. The van der Waals surface area contributed by atoms with Crippen LogP contribution in [0, 0.1) is 0 Å². The van der Waals surface area contributed by atoms with E-state index in [0.29, 0.717) is 0 Å². The average Bonchev–Trinajstić information content (AvgIpc) is 2.38. The van der Waals surface area contributed by atoms with Gasteiger partial charge in [-0.15, -0.1) is 0 Å². The molecule has 17 heavy (non-hydrogen) atoms. The van der Waals surface area contributed by atoms with Gasteiger partial charge in [-0.1, -0.05) is 26.0 Å². The predicted octanol–water partition coefficient (Wildman–Crippen LogP) is 4.31. The summed E-state index contributed by atoms with van der Waals surface area (Å²) in [4.78, 5) is 2.73. The second-order valence-electron chi connectivity index (χ2n) is 5.47. The fourth-order valence-electron chi connectivity index (χ4n) is 3.30. The molecule has 0 bridgehead atoms. The van der Waals surface area contributed by atoms with Gasteiger partial charge in [-0.25, -0.2) is 0 Å². The quantitative estimate of drug-likeness (QED) is 0.684. The van der Waals surface area contributed by atoms with E-state index >= 15 is 0 Å². The Morgan fingerprint density at radius 3 is 2.35 bits per heavy atom. The van der Waals surface area contributed by atoms with Gasteiger partial charge in [-0.2, -0.15) is 0 Å². The Morgan fingerprint density at radius 1 is 1.06 bits per heavy atom. The zero-order valence-corrected chi connectivity index (χ0v) is 11.5. The van der Waals surface area contributed by atoms with E-state index < -0.39 is 0 Å². The summed E-state index contributed by atoms with van der Waals surface area (Å²) in [6, 6.07) is 0.816. The molecular formula is C16H27N. The third-order valence-corrected chi connectivity index (χ3v) is 4.10. The number of rotatable bonds is 5. The van der Waals surface area contributed by atoms with E-state index in [0.717, 1.165) is 6.04 Å². The molecule has 2 rings (SSSR count). The number of allylic oxidation sites excluding steroid dienone is 3. The maximum Gasteiger partial charge on any atom is 0.0139 e. The summed E-state index contributed by atoms with van der Waals surface area (Å²) in [6.07, 6.45) is 14.1. The normalized spacial score (nSPS) is 24.3. The molecule has 96 valence electrons. The summed E-state index contributed by atoms with van der Waals surface area (Å²) >= 11 is 0. The molecule has 0 aromatic heterocycles. The molecule has 1 atom stereocenters. The van der Waals surface area contributed by atoms with Crippen molar-refractivity contribution in [1.29, 1.82) is 0 Å². The molecule has 0 aromatic rings. The molecule has 0 N–H and O–H groups in total. The fraction of sp³-hybridized carbons (Fsp3) is 0.750. The molecule has 1 nitrogen and oxygen atoms in total. The topological polar surface area (TPSA) is 3.24 Å². The highest BCUT2D eigenvalue weighted by Crippen LogP contribution is 2.34. The highest BCUT2D eigenvalue weighted by molar-refractivity contribution is 5.36. The van der Waals surface area contributed by atoms with Crippen LogP contribution in [0.25, 0.3) is 0 Å². The zero-order valence-electron chi connectivity index (χ0n) is 11.5. The van der Waals surface area contributed by atoms with Crippen LogP contribution < -0.4 is 0 Å². The van der Waals surface area contributed by atoms with E-state index in [9.17, 15) is 0 Å². The molecule has 2 aliphatic carbocycles. The number of hydrogen-bond acceptors (Lipinski definition) is 1. The average molecular weight is 233 g/mol. The number of hydrogen-bond donors (Lipinski definition) is 0. The van der Waals surface area contributed by atoms with E-state index in [-0.39, 0.29) is 0 Å². The van der Waals surface area contributed by atoms with Crippen LogP contribution in [0.15, 0.2) is 23.3 Å². The number of nitrogens with zero attached hydrogens (tertiary/aromatic N) is 1. The maximum absolute atomic E-state index is 2.73. The molecule has 2 aliphatic rings. The zero-order chi connectivity index (χ0) is 12.1. The Hall–Kier alpha value is -0.560. The first-order chi connectivity index (χ1) is 8.35. The van der Waals surface area contributed by atoms with Crippen molar-refractivity contribution in [1.82, 2.24) is 4.90 Å². The smallest absolute Gasteiger partial charge is 0.0139 e. The lowest BCUT2D eigenvalue weighted by atomic mass is 9.82. The molecule has 0 spiro atoms. The highest BCUT2D eigenvalue weighted by Gasteiger charge is 2.25. The van der Waals surface area contributed by atoms with Gasteiger partial charge in [0.05, 0.1) is 0 Å². The van der Waals surface area contributed by atoms with Crippen LogP contribution in [0.1, 0.15) is 58.8 Å². The predicted molar refractivity (Wildman–Crippen MR) is 75.2 cm³/mol. The van der Waals surface area contributed by atoms with Crippen LogP contribution in [0.2, 0.25) is 0 Å². The van der Waals surface area contributed by atoms with Crippen LogP contribution in [-0.2, 0) is 0 Å². The van der Waals surface area contributed by atoms with Crippen LogP contribution in [0.4, 0.5) is 0 Å². The van der Waals surface area contributed by atoms with E-state index in [1.807, 2.05) is 0 Å². The lowest BCUT2D eigenvalue weighted by Crippen LogP contribution is -2.38. The Labute approximate surface area is 107 Å². The molecule has 0 saturated heterocycles. The van der Waals surface area contributed by atoms with Gasteiger partial charge in [0.15, 0.2) is 0 Å². The van der Waals surface area contributed by atoms with Crippen molar-refractivity contribution >= 4 is 0 Å². The second kappa shape index (κ2) is 6.39. The molecule has 0 radical (unpaired) electrons. The van der Waals surface area contributed by atoms with Crippen LogP contribution in [0.3, 0.4) is 0 Å². The Kier molecular flexibility index (Phi) is 4.85. The molecule has 0 heterocycles. The third-order valence-electron chi connectivity index (χ3n) is 4.10. The number of fused-ring (bicyclic) bond motifs is 1. The van der Waals surface area contributed by atoms with E-state index in [2.05, 4.69) is 30.9 Å². The standard InChI is InChI=1S/C16H27N/c1-3-11-17(12-4-2)16-10-9-14-7-5-6-8-15(14)13-16/h7-8,16H,3-6,9-13H2,1-2H3. The van der Waals surface area contributed by atoms with Crippen molar-refractivity contribution in [2.24, 2.45) is 0 Å². The summed E-state index contributed by atoms with van der Waals surface area (Å²) in [5.41, 5.74) is 3.34. The first kappa shape index (κ1) is 12.9. The molecule has 0 aromatic carbocycles. The van der Waals surface area contributed by atoms with Gasteiger partial charge in [-0.3, -0.25) is 0 Å². The lowest BCUT2D eigenvalue weighted by molar-refractivity contribution is 0.179. The first-order valence-corrected chi connectivity index (χ1v) is 7.47. The minimum absolute atomic E-state index is 0.816. The molecule has 0 aliphatic heterocycles. The minimum atomic E-state index is 0.816. The Balaban J connectivity index is 1.98. The molecule has 1 fully saturated rings. The van der Waals surface area contributed by atoms with Gasteiger partial charge in [0.2, 0.25) is 0 Å². The molecule has 1 heteroatoms. The summed E-state index contributed by atoms with van der Waals surface area (Å²) in [5.74, 6) is 0. The highest BCUT2D eigenvalue weighted by atomic mass is 15.1. The maximum atomic E-state index is 2.73. The van der Waals surface area contributed by atoms with Crippen LogP contribution in [-0.4, -0.2) is 24.0 Å². The van der Waals surface area contributed by atoms with Gasteiger partial charge in [0.25, 0.3) is 0 Å². The summed E-state index contributed by atoms with van der Waals surface area (Å²) in [6.45, 7) is 7.17. The molecule has 1 saturated carbocycles. The van der Waals surface area contributed by atoms with Crippen molar-refractivity contribution in [3.8, 4) is 0 Å². The van der Waals surface area contributed by atoms with Crippen molar-refractivity contribution in [3.63, 3.8) is 0 Å². The van der Waals surface area contributed by atoms with Crippen molar-refractivity contribution in [3.05, 3.63) is 23.3 Å². The van der Waals surface area contributed by atoms with E-state index in [4.69, 9.17) is 0 Å². The van der Waals surface area contributed by atoms with Crippen LogP contribution in [0.5, 0.6) is 0 Å². The Bertz CT molecular complexity index is 295. The van der Waals surface area contributed by atoms with Crippen LogP contribution >= 0.6 is 0 Å². The second-order valence-corrected chi connectivity index (χ2v) is 5.47. The monoisotopic (exact) mass is 233 g/mol. The fourth-order valence-corrected chi connectivity index (χ4v) is 3.30. The SMILES string of the molecule is CCCN(CCC)C1CCC2=CCCC=C2C1. The molecular weight excluding hydrogens is 206 g/mol. The summed E-state index contributed by atoms with van der Waals surface area (Å²) in [5, 5.41) is 0. The third kappa shape index (κ3) is 3.22. The van der Waals surface area contributed by atoms with E-state index in [1.54, 1.807) is 11.1 Å². The van der Waals surface area contributed by atoms with Crippen molar-refractivity contribution < 1.29 is 0 Å². The largest absolute Gasteiger partial charge is 0.300 e.